The first-order valence-corrected chi connectivity index (χ1v) is 13.8. The van der Waals surface area contributed by atoms with Crippen LogP contribution in [0.5, 0.6) is 0 Å². The second kappa shape index (κ2) is 9.60. The van der Waals surface area contributed by atoms with Gasteiger partial charge in [-0.05, 0) is 43.9 Å². The number of hydrogen-bond donors (Lipinski definition) is 1. The Morgan fingerprint density at radius 2 is 2.12 bits per heavy atom. The molecule has 1 fully saturated rings. The molecule has 1 atom stereocenters. The van der Waals surface area contributed by atoms with Gasteiger partial charge in [-0.3, -0.25) is 4.79 Å². The predicted molar refractivity (Wildman–Crippen MR) is 125 cm³/mol. The number of anilines is 1. The van der Waals surface area contributed by atoms with Crippen LogP contribution in [-0.2, 0) is 32.5 Å². The number of rotatable bonds is 5. The minimum Gasteiger partial charge on any atom is -0.450 e. The fourth-order valence-electron chi connectivity index (χ4n) is 4.02. The topological polar surface area (TPSA) is 120 Å². The lowest BCUT2D eigenvalue weighted by atomic mass is 10.0. The zero-order chi connectivity index (χ0) is 23.8. The Hall–Kier alpha value is -2.17. The van der Waals surface area contributed by atoms with E-state index < -0.39 is 28.1 Å². The molecule has 1 unspecified atom stereocenters. The number of hydrogen-bond acceptors (Lipinski definition) is 8. The van der Waals surface area contributed by atoms with Gasteiger partial charge in [-0.1, -0.05) is 11.6 Å². The number of amides is 2. The van der Waals surface area contributed by atoms with Gasteiger partial charge in [0.15, 0.2) is 0 Å². The molecule has 176 valence electrons. The Labute approximate surface area is 204 Å². The van der Waals surface area contributed by atoms with E-state index in [0.717, 1.165) is 21.8 Å². The molecule has 0 saturated carbocycles. The van der Waals surface area contributed by atoms with Crippen LogP contribution in [0.1, 0.15) is 35.8 Å². The van der Waals surface area contributed by atoms with Gasteiger partial charge >= 0.3 is 6.09 Å². The summed E-state index contributed by atoms with van der Waals surface area (Å²) in [6, 6.07) is 4.23. The van der Waals surface area contributed by atoms with Crippen molar-refractivity contribution >= 4 is 61.3 Å². The summed E-state index contributed by atoms with van der Waals surface area (Å²) < 4.78 is 32.8. The van der Waals surface area contributed by atoms with Crippen molar-refractivity contribution in [2.45, 2.75) is 43.0 Å². The van der Waals surface area contributed by atoms with Gasteiger partial charge in [0, 0.05) is 18.0 Å². The van der Waals surface area contributed by atoms with Crippen molar-refractivity contribution in [3.8, 4) is 6.07 Å². The lowest BCUT2D eigenvalue weighted by Crippen LogP contribution is -2.42. The maximum absolute atomic E-state index is 13.1. The number of nitrogens with one attached hydrogen (secondary N) is 1. The summed E-state index contributed by atoms with van der Waals surface area (Å²) in [4.78, 5) is 27.6. The molecule has 0 aromatic carbocycles. The lowest BCUT2D eigenvalue weighted by molar-refractivity contribution is -0.119. The van der Waals surface area contributed by atoms with Gasteiger partial charge in [0.25, 0.3) is 10.0 Å². The molecule has 4 heterocycles. The maximum atomic E-state index is 13.1. The Morgan fingerprint density at radius 3 is 2.79 bits per heavy atom. The third-order valence-corrected chi connectivity index (χ3v) is 10.3. The van der Waals surface area contributed by atoms with Gasteiger partial charge in [0.2, 0.25) is 5.91 Å². The van der Waals surface area contributed by atoms with Crippen molar-refractivity contribution in [1.29, 1.82) is 5.26 Å². The Kier molecular flexibility index (Phi) is 6.97. The van der Waals surface area contributed by atoms with Crippen LogP contribution >= 0.6 is 34.3 Å². The standard InChI is InChI=1S/C20H21ClN4O5S3/c1-2-30-20(27)24-9-7-12-13(10-22)19(31-15(12)11-24)23-18(26)14-4-3-8-25(14)33(28,29)17-6-5-16(21)32-17/h5-6,14H,2-4,7-9,11H2,1H3,(H,23,26). The Bertz CT molecular complexity index is 1230. The molecular formula is C20H21ClN4O5S3. The SMILES string of the molecule is CCOC(=O)N1CCc2c(sc(NC(=O)C3CCCN3S(=O)(=O)c3ccc(Cl)s3)c2C#N)C1. The molecule has 9 nitrogen and oxygen atoms in total. The third-order valence-electron chi connectivity index (χ3n) is 5.55. The van der Waals surface area contributed by atoms with Crippen LogP contribution in [-0.4, -0.2) is 55.4 Å². The molecular weight excluding hydrogens is 508 g/mol. The number of fused-ring (bicyclic) bond motifs is 1. The van der Waals surface area contributed by atoms with Crippen LogP contribution in [0.3, 0.4) is 0 Å². The van der Waals surface area contributed by atoms with Gasteiger partial charge < -0.3 is 15.0 Å². The highest BCUT2D eigenvalue weighted by Crippen LogP contribution is 2.38. The van der Waals surface area contributed by atoms with E-state index in [1.165, 1.54) is 27.8 Å². The number of carbonyl (C=O) groups excluding carboxylic acids is 2. The molecule has 2 aliphatic rings. The molecule has 1 saturated heterocycles. The van der Waals surface area contributed by atoms with Crippen LogP contribution in [0.15, 0.2) is 16.3 Å². The molecule has 0 radical (unpaired) electrons. The first-order chi connectivity index (χ1) is 15.8. The minimum absolute atomic E-state index is 0.0931. The van der Waals surface area contributed by atoms with Gasteiger partial charge in [-0.2, -0.15) is 9.57 Å². The minimum atomic E-state index is -3.86. The summed E-state index contributed by atoms with van der Waals surface area (Å²) >= 11 is 8.09. The predicted octanol–water partition coefficient (Wildman–Crippen LogP) is 3.64. The van der Waals surface area contributed by atoms with Gasteiger partial charge in [0.1, 0.15) is 21.3 Å². The number of sulfonamides is 1. The summed E-state index contributed by atoms with van der Waals surface area (Å²) in [6.45, 7) is 2.96. The molecule has 1 N–H and O–H groups in total. The number of nitrogens with zero attached hydrogens (tertiary/aromatic N) is 3. The van der Waals surface area contributed by atoms with Crippen LogP contribution in [0, 0.1) is 11.3 Å². The molecule has 33 heavy (non-hydrogen) atoms. The first kappa shape index (κ1) is 24.0. The average molecular weight is 529 g/mol. The van der Waals surface area contributed by atoms with E-state index in [-0.39, 0.29) is 17.4 Å². The fraction of sp³-hybridized carbons (Fsp3) is 0.450. The molecule has 2 aliphatic heterocycles. The van der Waals surface area contributed by atoms with E-state index >= 15 is 0 Å². The third kappa shape index (κ3) is 4.61. The number of carbonyl (C=O) groups is 2. The molecule has 0 spiro atoms. The van der Waals surface area contributed by atoms with E-state index in [4.69, 9.17) is 16.3 Å². The lowest BCUT2D eigenvalue weighted by Gasteiger charge is -2.25. The maximum Gasteiger partial charge on any atom is 0.410 e. The van der Waals surface area contributed by atoms with Crippen LogP contribution in [0.4, 0.5) is 9.80 Å². The largest absolute Gasteiger partial charge is 0.450 e. The first-order valence-electron chi connectivity index (χ1n) is 10.3. The van der Waals surface area contributed by atoms with Crippen molar-refractivity contribution in [3.05, 3.63) is 32.5 Å². The van der Waals surface area contributed by atoms with E-state index in [0.29, 0.717) is 47.3 Å². The average Bonchev–Trinajstić information content (AvgIpc) is 3.51. The Balaban J connectivity index is 1.54. The number of thiophene rings is 2. The molecule has 4 rings (SSSR count). The molecule has 2 amide bonds. The molecule has 0 aliphatic carbocycles. The van der Waals surface area contributed by atoms with Crippen molar-refractivity contribution in [2.75, 3.05) is 25.0 Å². The number of halogens is 1. The van der Waals surface area contributed by atoms with Crippen LogP contribution in [0.25, 0.3) is 0 Å². The summed E-state index contributed by atoms with van der Waals surface area (Å²) in [5, 5.41) is 12.9. The smallest absolute Gasteiger partial charge is 0.410 e. The molecule has 13 heteroatoms. The summed E-state index contributed by atoms with van der Waals surface area (Å²) in [7, 11) is -3.86. The second-order valence-corrected chi connectivity index (χ2v) is 12.4. The van der Waals surface area contributed by atoms with Gasteiger partial charge in [0.05, 0.1) is 23.1 Å². The van der Waals surface area contributed by atoms with Gasteiger partial charge in [-0.25, -0.2) is 13.2 Å². The van der Waals surface area contributed by atoms with Gasteiger partial charge in [-0.15, -0.1) is 22.7 Å². The summed E-state index contributed by atoms with van der Waals surface area (Å²) in [5.74, 6) is -0.476. The van der Waals surface area contributed by atoms with E-state index in [1.807, 2.05) is 0 Å². The summed E-state index contributed by atoms with van der Waals surface area (Å²) in [5.41, 5.74) is 1.17. The van der Waals surface area contributed by atoms with Crippen molar-refractivity contribution < 1.29 is 22.7 Å². The highest BCUT2D eigenvalue weighted by molar-refractivity contribution is 7.91. The van der Waals surface area contributed by atoms with Crippen molar-refractivity contribution in [1.82, 2.24) is 9.21 Å². The van der Waals surface area contributed by atoms with E-state index in [2.05, 4.69) is 11.4 Å². The van der Waals surface area contributed by atoms with E-state index in [9.17, 15) is 23.3 Å². The normalized spacial score (nSPS) is 18.6. The number of nitriles is 1. The second-order valence-electron chi connectivity index (χ2n) is 7.51. The highest BCUT2D eigenvalue weighted by atomic mass is 35.5. The van der Waals surface area contributed by atoms with Crippen LogP contribution in [0.2, 0.25) is 4.34 Å². The Morgan fingerprint density at radius 1 is 1.33 bits per heavy atom. The molecule has 0 bridgehead atoms. The quantitative estimate of drug-likeness (QED) is 0.632. The molecule has 2 aromatic heterocycles. The fourth-order valence-corrected chi connectivity index (χ4v) is 8.50. The van der Waals surface area contributed by atoms with Crippen molar-refractivity contribution in [2.24, 2.45) is 0 Å². The monoisotopic (exact) mass is 528 g/mol. The van der Waals surface area contributed by atoms with E-state index in [1.54, 1.807) is 11.8 Å². The number of ether oxygens (including phenoxy) is 1. The van der Waals surface area contributed by atoms with Crippen molar-refractivity contribution in [3.63, 3.8) is 0 Å². The summed E-state index contributed by atoms with van der Waals surface area (Å²) in [6.07, 6.45) is 0.998. The van der Waals surface area contributed by atoms with Crippen LogP contribution < -0.4 is 5.32 Å². The molecule has 2 aromatic rings. The highest BCUT2D eigenvalue weighted by Gasteiger charge is 2.40. The zero-order valence-electron chi connectivity index (χ0n) is 17.7. The zero-order valence-corrected chi connectivity index (χ0v) is 20.9.